The predicted octanol–water partition coefficient (Wildman–Crippen LogP) is 6.33. The molecule has 3 aromatic carbocycles. The molecule has 4 nitrogen and oxygen atoms in total. The molecule has 0 spiro atoms. The largest absolute Gasteiger partial charge is 0.481 e. The van der Waals surface area contributed by atoms with Gasteiger partial charge in [0.05, 0.1) is 0 Å². The SMILES string of the molecule is CC(Oc1ccc2ccccc2c1)c1nnc(-c2ccc(C(C)(C)C)cc2)o1. The second-order valence-corrected chi connectivity index (χ2v) is 8.04. The Labute approximate surface area is 165 Å². The average molecular weight is 372 g/mol. The fraction of sp³-hybridized carbons (Fsp3) is 0.250. The van der Waals surface area contributed by atoms with Crippen LogP contribution in [0.2, 0.25) is 0 Å². The van der Waals surface area contributed by atoms with Gasteiger partial charge in [-0.2, -0.15) is 0 Å². The van der Waals surface area contributed by atoms with Gasteiger partial charge in [-0.15, -0.1) is 10.2 Å². The Morgan fingerprint density at radius 1 is 0.857 bits per heavy atom. The molecule has 0 saturated carbocycles. The van der Waals surface area contributed by atoms with Crippen molar-refractivity contribution in [3.05, 3.63) is 78.2 Å². The quantitative estimate of drug-likeness (QED) is 0.420. The highest BCUT2D eigenvalue weighted by atomic mass is 16.5. The Hall–Kier alpha value is -3.14. The van der Waals surface area contributed by atoms with Crippen LogP contribution in [-0.4, -0.2) is 10.2 Å². The van der Waals surface area contributed by atoms with Gasteiger partial charge in [-0.05, 0) is 52.9 Å². The molecule has 28 heavy (non-hydrogen) atoms. The van der Waals surface area contributed by atoms with E-state index in [0.717, 1.165) is 16.7 Å². The van der Waals surface area contributed by atoms with Gasteiger partial charge in [-0.1, -0.05) is 63.2 Å². The molecule has 0 aliphatic rings. The number of ether oxygens (including phenoxy) is 1. The topological polar surface area (TPSA) is 48.2 Å². The van der Waals surface area contributed by atoms with Crippen LogP contribution in [0.5, 0.6) is 5.75 Å². The molecule has 0 N–H and O–H groups in total. The zero-order valence-corrected chi connectivity index (χ0v) is 16.6. The molecule has 1 atom stereocenters. The smallest absolute Gasteiger partial charge is 0.257 e. The summed E-state index contributed by atoms with van der Waals surface area (Å²) in [7, 11) is 0. The lowest BCUT2D eigenvalue weighted by Gasteiger charge is -2.18. The first kappa shape index (κ1) is 18.2. The fourth-order valence-corrected chi connectivity index (χ4v) is 3.12. The molecule has 4 heteroatoms. The summed E-state index contributed by atoms with van der Waals surface area (Å²) in [4.78, 5) is 0. The third kappa shape index (κ3) is 3.77. The Kier molecular flexibility index (Phi) is 4.63. The van der Waals surface area contributed by atoms with Crippen LogP contribution in [0, 0.1) is 0 Å². The van der Waals surface area contributed by atoms with Crippen LogP contribution in [0.3, 0.4) is 0 Å². The lowest BCUT2D eigenvalue weighted by Crippen LogP contribution is -2.10. The highest BCUT2D eigenvalue weighted by molar-refractivity contribution is 5.83. The first-order chi connectivity index (χ1) is 13.4. The van der Waals surface area contributed by atoms with E-state index in [4.69, 9.17) is 9.15 Å². The lowest BCUT2D eigenvalue weighted by molar-refractivity contribution is 0.190. The summed E-state index contributed by atoms with van der Waals surface area (Å²) >= 11 is 0. The third-order valence-electron chi connectivity index (χ3n) is 4.82. The summed E-state index contributed by atoms with van der Waals surface area (Å²) in [6, 6.07) is 22.5. The van der Waals surface area contributed by atoms with E-state index in [0.29, 0.717) is 11.8 Å². The maximum atomic E-state index is 6.03. The minimum Gasteiger partial charge on any atom is -0.481 e. The van der Waals surface area contributed by atoms with Gasteiger partial charge < -0.3 is 9.15 Å². The van der Waals surface area contributed by atoms with Crippen molar-refractivity contribution in [2.24, 2.45) is 0 Å². The van der Waals surface area contributed by atoms with E-state index in [1.807, 2.05) is 49.4 Å². The van der Waals surface area contributed by atoms with Gasteiger partial charge >= 0.3 is 0 Å². The van der Waals surface area contributed by atoms with Gasteiger partial charge in [-0.25, -0.2) is 0 Å². The van der Waals surface area contributed by atoms with Crippen molar-refractivity contribution in [3.8, 4) is 17.2 Å². The van der Waals surface area contributed by atoms with Crippen LogP contribution < -0.4 is 4.74 Å². The standard InChI is InChI=1S/C24H24N2O2/c1-16(27-21-14-11-17-7-5-6-8-19(17)15-21)22-25-26-23(28-22)18-9-12-20(13-10-18)24(2,3)4/h5-16H,1-4H3. The molecule has 1 heterocycles. The van der Waals surface area contributed by atoms with Crippen molar-refractivity contribution in [2.75, 3.05) is 0 Å². The highest BCUT2D eigenvalue weighted by Gasteiger charge is 2.18. The number of nitrogens with zero attached hydrogens (tertiary/aromatic N) is 2. The van der Waals surface area contributed by atoms with E-state index in [-0.39, 0.29) is 11.5 Å². The van der Waals surface area contributed by atoms with E-state index in [2.05, 4.69) is 55.2 Å². The molecule has 0 fully saturated rings. The van der Waals surface area contributed by atoms with Gasteiger partial charge in [0.15, 0.2) is 6.10 Å². The first-order valence-corrected chi connectivity index (χ1v) is 9.50. The van der Waals surface area contributed by atoms with Crippen LogP contribution in [-0.2, 0) is 5.41 Å². The zero-order chi connectivity index (χ0) is 19.7. The molecular formula is C24H24N2O2. The molecule has 0 aliphatic heterocycles. The molecule has 142 valence electrons. The van der Waals surface area contributed by atoms with Gasteiger partial charge in [0, 0.05) is 5.56 Å². The third-order valence-corrected chi connectivity index (χ3v) is 4.82. The lowest BCUT2D eigenvalue weighted by atomic mass is 9.87. The summed E-state index contributed by atoms with van der Waals surface area (Å²) in [5.74, 6) is 1.74. The summed E-state index contributed by atoms with van der Waals surface area (Å²) in [5.41, 5.74) is 2.29. The number of aromatic nitrogens is 2. The van der Waals surface area contributed by atoms with E-state index in [1.54, 1.807) is 0 Å². The summed E-state index contributed by atoms with van der Waals surface area (Å²) in [6.45, 7) is 8.49. The molecule has 0 aliphatic carbocycles. The van der Waals surface area contributed by atoms with Crippen LogP contribution in [0.4, 0.5) is 0 Å². The molecule has 4 aromatic rings. The second-order valence-electron chi connectivity index (χ2n) is 8.04. The molecule has 4 rings (SSSR count). The number of hydrogen-bond acceptors (Lipinski definition) is 4. The summed E-state index contributed by atoms with van der Waals surface area (Å²) in [6.07, 6.45) is -0.337. The Morgan fingerprint density at radius 2 is 1.57 bits per heavy atom. The fourth-order valence-electron chi connectivity index (χ4n) is 3.12. The number of rotatable bonds is 4. The molecule has 1 unspecified atom stereocenters. The monoisotopic (exact) mass is 372 g/mol. The van der Waals surface area contributed by atoms with Crippen molar-refractivity contribution >= 4 is 10.8 Å². The van der Waals surface area contributed by atoms with Crippen molar-refractivity contribution < 1.29 is 9.15 Å². The van der Waals surface area contributed by atoms with Crippen LogP contribution in [0.25, 0.3) is 22.2 Å². The van der Waals surface area contributed by atoms with Gasteiger partial charge in [0.25, 0.3) is 5.89 Å². The van der Waals surface area contributed by atoms with Crippen LogP contribution in [0.15, 0.2) is 71.1 Å². The summed E-state index contributed by atoms with van der Waals surface area (Å²) in [5, 5.41) is 10.7. The van der Waals surface area contributed by atoms with Gasteiger partial charge in [0.1, 0.15) is 5.75 Å². The average Bonchev–Trinajstić information content (AvgIpc) is 3.18. The minimum atomic E-state index is -0.337. The maximum absolute atomic E-state index is 6.03. The molecule has 0 amide bonds. The molecular weight excluding hydrogens is 348 g/mol. The number of benzene rings is 3. The van der Waals surface area contributed by atoms with Crippen LogP contribution in [0.1, 0.15) is 45.3 Å². The highest BCUT2D eigenvalue weighted by Crippen LogP contribution is 2.28. The normalized spacial score (nSPS) is 12.9. The number of fused-ring (bicyclic) bond motifs is 1. The van der Waals surface area contributed by atoms with E-state index in [1.165, 1.54) is 10.9 Å². The minimum absolute atomic E-state index is 0.112. The predicted molar refractivity (Wildman–Crippen MR) is 111 cm³/mol. The molecule has 0 saturated heterocycles. The van der Waals surface area contributed by atoms with E-state index < -0.39 is 0 Å². The first-order valence-electron chi connectivity index (χ1n) is 9.50. The zero-order valence-electron chi connectivity index (χ0n) is 16.6. The van der Waals surface area contributed by atoms with Crippen molar-refractivity contribution in [3.63, 3.8) is 0 Å². The maximum Gasteiger partial charge on any atom is 0.257 e. The number of hydrogen-bond donors (Lipinski definition) is 0. The molecule has 0 bridgehead atoms. The van der Waals surface area contributed by atoms with Gasteiger partial charge in [-0.3, -0.25) is 0 Å². The van der Waals surface area contributed by atoms with E-state index >= 15 is 0 Å². The van der Waals surface area contributed by atoms with Crippen molar-refractivity contribution in [2.45, 2.75) is 39.2 Å². The second kappa shape index (κ2) is 7.12. The Balaban J connectivity index is 1.51. The molecule has 0 radical (unpaired) electrons. The summed E-state index contributed by atoms with van der Waals surface area (Å²) < 4.78 is 11.9. The van der Waals surface area contributed by atoms with Crippen molar-refractivity contribution in [1.29, 1.82) is 0 Å². The van der Waals surface area contributed by atoms with E-state index in [9.17, 15) is 0 Å². The van der Waals surface area contributed by atoms with Crippen LogP contribution >= 0.6 is 0 Å². The van der Waals surface area contributed by atoms with Gasteiger partial charge in [0.2, 0.25) is 5.89 Å². The van der Waals surface area contributed by atoms with Crippen molar-refractivity contribution in [1.82, 2.24) is 10.2 Å². The Bertz CT molecular complexity index is 1090. The molecule has 1 aromatic heterocycles. The Morgan fingerprint density at radius 3 is 2.29 bits per heavy atom.